The Morgan fingerprint density at radius 2 is 1.89 bits per heavy atom. The molecule has 0 spiro atoms. The summed E-state index contributed by atoms with van der Waals surface area (Å²) in [6.07, 6.45) is -4.36. The van der Waals surface area contributed by atoms with Crippen molar-refractivity contribution in [3.63, 3.8) is 0 Å². The summed E-state index contributed by atoms with van der Waals surface area (Å²) in [6, 6.07) is 14.4. The molecule has 0 saturated heterocycles. The quantitative estimate of drug-likeness (QED) is 0.738. The molecule has 0 bridgehead atoms. The lowest BCUT2D eigenvalue weighted by Gasteiger charge is -2.26. The van der Waals surface area contributed by atoms with Gasteiger partial charge in [0.15, 0.2) is 6.10 Å². The van der Waals surface area contributed by atoms with Gasteiger partial charge in [-0.2, -0.15) is 13.2 Å². The Bertz CT molecular complexity index is 866. The first-order chi connectivity index (χ1) is 13.0. The molecule has 3 N–H and O–H groups in total. The summed E-state index contributed by atoms with van der Waals surface area (Å²) in [6.45, 7) is 2.67. The maximum atomic E-state index is 12.7. The van der Waals surface area contributed by atoms with Crippen LogP contribution < -0.4 is 16.2 Å². The third kappa shape index (κ3) is 4.86. The fraction of sp³-hybridized carbons (Fsp3) is 0.300. The molecule has 2 aromatic rings. The summed E-state index contributed by atoms with van der Waals surface area (Å²) < 4.78 is 42.9. The number of nitrogens with one attached hydrogen (secondary N) is 1. The fourth-order valence-corrected chi connectivity index (χ4v) is 2.95. The molecule has 4 nitrogen and oxygen atoms in total. The summed E-state index contributed by atoms with van der Waals surface area (Å²) in [5, 5.41) is 2.44. The van der Waals surface area contributed by atoms with Gasteiger partial charge < -0.3 is 10.5 Å². The van der Waals surface area contributed by atoms with Crippen LogP contribution in [0.5, 0.6) is 0 Å². The second-order valence-corrected chi connectivity index (χ2v) is 7.37. The van der Waals surface area contributed by atoms with Crippen LogP contribution in [-0.4, -0.2) is 17.9 Å². The molecule has 0 amide bonds. The second kappa shape index (κ2) is 7.75. The van der Waals surface area contributed by atoms with Gasteiger partial charge in [-0.3, -0.25) is 5.01 Å². The van der Waals surface area contributed by atoms with Gasteiger partial charge in [-0.15, -0.1) is 0 Å². The van der Waals surface area contributed by atoms with Crippen molar-refractivity contribution in [1.82, 2.24) is 5.43 Å². The Morgan fingerprint density at radius 3 is 2.54 bits per heavy atom. The fourth-order valence-electron chi connectivity index (χ4n) is 2.82. The number of anilines is 1. The van der Waals surface area contributed by atoms with Crippen LogP contribution in [0.2, 0.25) is 5.02 Å². The highest BCUT2D eigenvalue weighted by Gasteiger charge is 2.37. The van der Waals surface area contributed by atoms with E-state index >= 15 is 0 Å². The molecular weight excluding hydrogens is 391 g/mol. The number of alkyl halides is 3. The van der Waals surface area contributed by atoms with Crippen LogP contribution in [0.25, 0.3) is 5.70 Å². The van der Waals surface area contributed by atoms with Crippen molar-refractivity contribution in [2.45, 2.75) is 38.4 Å². The van der Waals surface area contributed by atoms with Crippen molar-refractivity contribution >= 4 is 23.0 Å². The number of halogens is 4. The van der Waals surface area contributed by atoms with Crippen LogP contribution in [0.3, 0.4) is 0 Å². The van der Waals surface area contributed by atoms with E-state index in [2.05, 4.69) is 5.43 Å². The van der Waals surface area contributed by atoms with Gasteiger partial charge in [0.05, 0.1) is 18.0 Å². The van der Waals surface area contributed by atoms with Gasteiger partial charge in [0.2, 0.25) is 0 Å². The molecule has 1 aliphatic rings. The molecule has 0 fully saturated rings. The van der Waals surface area contributed by atoms with E-state index in [1.54, 1.807) is 30.3 Å². The molecule has 3 rings (SSSR count). The van der Waals surface area contributed by atoms with Crippen molar-refractivity contribution in [2.24, 2.45) is 5.73 Å². The van der Waals surface area contributed by atoms with Crippen LogP contribution in [0.15, 0.2) is 54.6 Å². The van der Waals surface area contributed by atoms with Crippen molar-refractivity contribution in [1.29, 1.82) is 0 Å². The molecule has 8 heteroatoms. The first kappa shape index (κ1) is 20.7. The Kier molecular flexibility index (Phi) is 5.72. The van der Waals surface area contributed by atoms with Gasteiger partial charge >= 0.3 is 6.18 Å². The Hall–Kier alpha value is -2.06. The van der Waals surface area contributed by atoms with E-state index in [1.807, 2.05) is 36.2 Å². The lowest BCUT2D eigenvalue weighted by molar-refractivity contribution is -0.217. The molecule has 1 heterocycles. The van der Waals surface area contributed by atoms with Gasteiger partial charge in [0.25, 0.3) is 0 Å². The van der Waals surface area contributed by atoms with Gasteiger partial charge in [0, 0.05) is 5.02 Å². The zero-order valence-electron chi connectivity index (χ0n) is 15.4. The predicted octanol–water partition coefficient (Wildman–Crippen LogP) is 4.85. The molecule has 0 aliphatic carbocycles. The third-order valence-electron chi connectivity index (χ3n) is 4.30. The standard InChI is InChI=1S/C20H21ClF3N3O/c1-13(20(22,23)24)28-12-14-4-3-5-15(10-14)18-11-19(2,25)26-27(18)17-8-6-16(21)7-9-17/h3-11,13,26H,12,25H2,1-2H3/t13-,19?/m1/s1. The van der Waals surface area contributed by atoms with Crippen LogP contribution in [0, 0.1) is 0 Å². The molecule has 2 atom stereocenters. The highest BCUT2D eigenvalue weighted by Crippen LogP contribution is 2.32. The largest absolute Gasteiger partial charge is 0.414 e. The van der Waals surface area contributed by atoms with Gasteiger partial charge in [-0.1, -0.05) is 29.8 Å². The summed E-state index contributed by atoms with van der Waals surface area (Å²) in [5.74, 6) is 0. The first-order valence-electron chi connectivity index (χ1n) is 8.68. The highest BCUT2D eigenvalue weighted by atomic mass is 35.5. The minimum atomic E-state index is -4.39. The van der Waals surface area contributed by atoms with E-state index in [4.69, 9.17) is 22.1 Å². The first-order valence-corrected chi connectivity index (χ1v) is 9.06. The van der Waals surface area contributed by atoms with Crippen LogP contribution in [0.4, 0.5) is 18.9 Å². The summed E-state index contributed by atoms with van der Waals surface area (Å²) in [7, 11) is 0. The monoisotopic (exact) mass is 411 g/mol. The maximum absolute atomic E-state index is 12.7. The minimum absolute atomic E-state index is 0.143. The van der Waals surface area contributed by atoms with Gasteiger partial charge in [0.1, 0.15) is 5.66 Å². The molecule has 1 unspecified atom stereocenters. The summed E-state index contributed by atoms with van der Waals surface area (Å²) in [5.41, 5.74) is 11.7. The Morgan fingerprint density at radius 1 is 1.21 bits per heavy atom. The topological polar surface area (TPSA) is 50.5 Å². The van der Waals surface area contributed by atoms with E-state index in [0.717, 1.165) is 23.9 Å². The number of ether oxygens (including phenoxy) is 1. The van der Waals surface area contributed by atoms with Crippen LogP contribution >= 0.6 is 11.6 Å². The van der Waals surface area contributed by atoms with E-state index in [9.17, 15) is 13.2 Å². The van der Waals surface area contributed by atoms with E-state index in [0.29, 0.717) is 10.6 Å². The second-order valence-electron chi connectivity index (χ2n) is 6.93. The normalized spacial score (nSPS) is 21.0. The van der Waals surface area contributed by atoms with E-state index in [1.165, 1.54) is 0 Å². The molecule has 1 aliphatic heterocycles. The number of benzene rings is 2. The predicted molar refractivity (Wildman–Crippen MR) is 104 cm³/mol. The number of nitrogens with two attached hydrogens (primary N) is 1. The maximum Gasteiger partial charge on any atom is 0.414 e. The van der Waals surface area contributed by atoms with Gasteiger partial charge in [-0.05, 0) is 61.4 Å². The van der Waals surface area contributed by atoms with Crippen molar-refractivity contribution < 1.29 is 17.9 Å². The van der Waals surface area contributed by atoms with Crippen LogP contribution in [0.1, 0.15) is 25.0 Å². The number of nitrogens with zero attached hydrogens (tertiary/aromatic N) is 1. The van der Waals surface area contributed by atoms with Crippen molar-refractivity contribution in [2.75, 3.05) is 5.01 Å². The zero-order valence-corrected chi connectivity index (χ0v) is 16.2. The lowest BCUT2D eigenvalue weighted by Crippen LogP contribution is -2.51. The van der Waals surface area contributed by atoms with Gasteiger partial charge in [-0.25, -0.2) is 5.43 Å². The summed E-state index contributed by atoms with van der Waals surface area (Å²) >= 11 is 5.97. The smallest absolute Gasteiger partial charge is 0.364 e. The number of hydrogen-bond donors (Lipinski definition) is 2. The average molecular weight is 412 g/mol. The highest BCUT2D eigenvalue weighted by molar-refractivity contribution is 6.30. The molecule has 2 aromatic carbocycles. The van der Waals surface area contributed by atoms with Crippen LogP contribution in [-0.2, 0) is 11.3 Å². The molecule has 150 valence electrons. The SMILES string of the molecule is C[C@@H](OCc1cccc(C2=CC(C)(N)NN2c2ccc(Cl)cc2)c1)C(F)(F)F. The molecule has 28 heavy (non-hydrogen) atoms. The Balaban J connectivity index is 1.85. The average Bonchev–Trinajstić information content (AvgIpc) is 2.95. The van der Waals surface area contributed by atoms with E-state index < -0.39 is 17.9 Å². The molecule has 0 saturated carbocycles. The molecule has 0 radical (unpaired) electrons. The molecular formula is C20H21ClF3N3O. The number of hydrazine groups is 1. The lowest BCUT2D eigenvalue weighted by atomic mass is 10.1. The van der Waals surface area contributed by atoms with Crippen molar-refractivity contribution in [3.05, 3.63) is 70.8 Å². The minimum Gasteiger partial charge on any atom is -0.364 e. The van der Waals surface area contributed by atoms with E-state index in [-0.39, 0.29) is 6.61 Å². The Labute approximate surface area is 166 Å². The number of rotatable bonds is 5. The zero-order chi connectivity index (χ0) is 20.5. The summed E-state index contributed by atoms with van der Waals surface area (Å²) in [4.78, 5) is 0. The molecule has 0 aromatic heterocycles. The number of hydrogen-bond acceptors (Lipinski definition) is 4. The third-order valence-corrected chi connectivity index (χ3v) is 4.55. The van der Waals surface area contributed by atoms with Crippen molar-refractivity contribution in [3.8, 4) is 0 Å².